The standard InChI is InChI=1S/C16H14O2.C14H14O2.C14H12O2.C10H10O2.C9H10O2.C8H10O2/c1-11(17)13-3-7-15(8-4-13)16-9-5-14(6-10-16)12(2)18;1-15-13-7-3-11(4-8-13)12-5-9-14(16-2)10-6-12;1-9(15)11-3-5-14-8-12(10(2)16)4-6-13(14)7-11;1-7(11)9-3-5-10(6-4-9)8(2)12;1-7(10)8-3-5-9(11-2)6-4-8;1-9-7-3-5-8(10-2)6-4-7/h3-10H,1-2H3;3-10H,1-2H3;3-8H,1-2H3;3-6H,1-2H3;3-6H,1-2H3;3-6H,1-2H3. The lowest BCUT2D eigenvalue weighted by Gasteiger charge is -2.05. The van der Waals surface area contributed by atoms with E-state index in [1.54, 1.807) is 131 Å². The highest BCUT2D eigenvalue weighted by Crippen LogP contribution is 2.25. The second kappa shape index (κ2) is 33.5. The van der Waals surface area contributed by atoms with E-state index >= 15 is 0 Å². The summed E-state index contributed by atoms with van der Waals surface area (Å²) < 4.78 is 25.1. The SMILES string of the molecule is CC(=O)c1ccc(-c2ccc(C(C)=O)cc2)cc1.CC(=O)c1ccc(C(C)=O)cc1.CC(=O)c1ccc2cc(C(C)=O)ccc2c1.COc1ccc(-c2ccc(OC)cc2)cc1.COc1ccc(C(C)=O)cc1.COc1ccc(OC)cc1. The molecule has 0 fully saturated rings. The van der Waals surface area contributed by atoms with E-state index in [0.717, 1.165) is 50.6 Å². The number of carbonyl (C=O) groups is 7. The van der Waals surface area contributed by atoms with E-state index in [1.165, 1.54) is 25.0 Å². The molecule has 0 amide bonds. The first-order chi connectivity index (χ1) is 39.7. The van der Waals surface area contributed by atoms with Gasteiger partial charge in [0.2, 0.25) is 0 Å². The third kappa shape index (κ3) is 21.5. The largest absolute Gasteiger partial charge is 0.497 e. The average molecular weight is 1120 g/mol. The summed E-state index contributed by atoms with van der Waals surface area (Å²) in [6, 6.07) is 63.1. The summed E-state index contributed by atoms with van der Waals surface area (Å²) in [6.07, 6.45) is 0. The van der Waals surface area contributed by atoms with Gasteiger partial charge in [-0.05, 0) is 166 Å². The topological polar surface area (TPSA) is 166 Å². The average Bonchev–Trinajstić information content (AvgIpc) is 3.54. The minimum atomic E-state index is 0.0186. The van der Waals surface area contributed by atoms with E-state index in [0.29, 0.717) is 38.9 Å². The van der Waals surface area contributed by atoms with Gasteiger partial charge < -0.3 is 23.7 Å². The number of rotatable bonds is 14. The summed E-state index contributed by atoms with van der Waals surface area (Å²) in [6.45, 7) is 10.7. The second-order valence-corrected chi connectivity index (χ2v) is 18.5. The number of benzene rings is 9. The van der Waals surface area contributed by atoms with Crippen LogP contribution in [0.5, 0.6) is 28.7 Å². The number of hydrogen-bond acceptors (Lipinski definition) is 12. The lowest BCUT2D eigenvalue weighted by atomic mass is 10.0. The van der Waals surface area contributed by atoms with Gasteiger partial charge in [0.15, 0.2) is 40.5 Å². The monoisotopic (exact) mass is 1110 g/mol. The molecule has 9 aromatic carbocycles. The molecule has 0 unspecified atom stereocenters. The highest BCUT2D eigenvalue weighted by atomic mass is 16.5. The summed E-state index contributed by atoms with van der Waals surface area (Å²) in [5.74, 6) is 4.56. The number of Topliss-reactive ketones (excluding diaryl/α,β-unsaturated/α-hetero) is 7. The number of hydrogen-bond donors (Lipinski definition) is 0. The molecule has 0 saturated carbocycles. The maximum Gasteiger partial charge on any atom is 0.159 e. The molecule has 0 saturated heterocycles. The summed E-state index contributed by atoms with van der Waals surface area (Å²) in [5, 5.41) is 1.97. The predicted octanol–water partition coefficient (Wildman–Crippen LogP) is 16.1. The Morgan fingerprint density at radius 1 is 0.205 bits per heavy atom. The van der Waals surface area contributed by atoms with Gasteiger partial charge in [0.25, 0.3) is 0 Å². The van der Waals surface area contributed by atoms with Gasteiger partial charge in [-0.2, -0.15) is 0 Å². The fraction of sp³-hybridized carbons (Fsp3) is 0.169. The molecule has 0 bridgehead atoms. The third-order valence-corrected chi connectivity index (χ3v) is 12.6. The van der Waals surface area contributed by atoms with Crippen LogP contribution in [0.25, 0.3) is 33.0 Å². The molecule has 0 radical (unpaired) electrons. The van der Waals surface area contributed by atoms with Crippen molar-refractivity contribution in [2.75, 3.05) is 35.5 Å². The van der Waals surface area contributed by atoms with Crippen molar-refractivity contribution in [3.63, 3.8) is 0 Å². The number of fused-ring (bicyclic) bond motifs is 1. The number of ketones is 7. The minimum absolute atomic E-state index is 0.0186. The normalized spacial score (nSPS) is 9.78. The van der Waals surface area contributed by atoms with Gasteiger partial charge in [-0.1, -0.05) is 121 Å². The first kappa shape index (κ1) is 65.4. The summed E-state index contributed by atoms with van der Waals surface area (Å²) in [7, 11) is 8.22. The fourth-order valence-corrected chi connectivity index (χ4v) is 7.52. The number of ether oxygens (including phenoxy) is 5. The predicted molar refractivity (Wildman–Crippen MR) is 330 cm³/mol. The van der Waals surface area contributed by atoms with Crippen molar-refractivity contribution in [3.05, 3.63) is 245 Å². The molecule has 0 heterocycles. The maximum atomic E-state index is 11.2. The van der Waals surface area contributed by atoms with Crippen molar-refractivity contribution in [1.29, 1.82) is 0 Å². The van der Waals surface area contributed by atoms with Crippen LogP contribution in [0.4, 0.5) is 0 Å². The van der Waals surface area contributed by atoms with Crippen LogP contribution in [0.1, 0.15) is 121 Å². The van der Waals surface area contributed by atoms with Gasteiger partial charge in [0.1, 0.15) is 28.7 Å². The van der Waals surface area contributed by atoms with Gasteiger partial charge in [0, 0.05) is 38.9 Å². The summed E-state index contributed by atoms with van der Waals surface area (Å²) in [4.78, 5) is 77.3. The van der Waals surface area contributed by atoms with Gasteiger partial charge >= 0.3 is 0 Å². The number of carbonyl (C=O) groups excluding carboxylic acids is 7. The molecule has 0 aromatic heterocycles. The Morgan fingerprint density at radius 2 is 0.349 bits per heavy atom. The highest BCUT2D eigenvalue weighted by molar-refractivity contribution is 6.02. The van der Waals surface area contributed by atoms with Crippen molar-refractivity contribution in [1.82, 2.24) is 0 Å². The van der Waals surface area contributed by atoms with E-state index in [-0.39, 0.29) is 40.5 Å². The van der Waals surface area contributed by atoms with E-state index in [4.69, 9.17) is 23.7 Å². The zero-order chi connectivity index (χ0) is 61.0. The molecule has 0 aliphatic rings. The molecule has 0 aliphatic heterocycles. The van der Waals surface area contributed by atoms with Crippen LogP contribution in [-0.4, -0.2) is 76.0 Å². The van der Waals surface area contributed by atoms with Crippen LogP contribution >= 0.6 is 0 Å². The fourth-order valence-electron chi connectivity index (χ4n) is 7.52. The van der Waals surface area contributed by atoms with E-state index in [9.17, 15) is 33.6 Å². The molecule has 9 aromatic rings. The van der Waals surface area contributed by atoms with Gasteiger partial charge in [0.05, 0.1) is 35.5 Å². The van der Waals surface area contributed by atoms with Crippen LogP contribution in [0.15, 0.2) is 206 Å². The van der Waals surface area contributed by atoms with Crippen molar-refractivity contribution in [3.8, 4) is 51.0 Å². The third-order valence-electron chi connectivity index (χ3n) is 12.6. The van der Waals surface area contributed by atoms with Crippen LogP contribution in [0, 0.1) is 0 Å². The number of methoxy groups -OCH3 is 5. The van der Waals surface area contributed by atoms with Gasteiger partial charge in [-0.15, -0.1) is 0 Å². The summed E-state index contributed by atoms with van der Waals surface area (Å²) in [5.41, 5.74) is 9.22. The Balaban J connectivity index is 0.000000216. The molecule has 9 rings (SSSR count). The van der Waals surface area contributed by atoms with E-state index < -0.39 is 0 Å². The van der Waals surface area contributed by atoms with Crippen LogP contribution < -0.4 is 23.7 Å². The zero-order valence-corrected chi connectivity index (χ0v) is 49.0. The Morgan fingerprint density at radius 3 is 0.542 bits per heavy atom. The molecule has 426 valence electrons. The van der Waals surface area contributed by atoms with Gasteiger partial charge in [-0.3, -0.25) is 33.6 Å². The summed E-state index contributed by atoms with van der Waals surface area (Å²) >= 11 is 0. The van der Waals surface area contributed by atoms with Crippen molar-refractivity contribution in [2.24, 2.45) is 0 Å². The lowest BCUT2D eigenvalue weighted by Crippen LogP contribution is -1.95. The zero-order valence-electron chi connectivity index (χ0n) is 49.0. The van der Waals surface area contributed by atoms with Gasteiger partial charge in [-0.25, -0.2) is 0 Å². The van der Waals surface area contributed by atoms with E-state index in [1.807, 2.05) is 146 Å². The molecule has 0 atom stereocenters. The molecule has 0 N–H and O–H groups in total. The molecule has 83 heavy (non-hydrogen) atoms. The smallest absolute Gasteiger partial charge is 0.159 e. The van der Waals surface area contributed by atoms with E-state index in [2.05, 4.69) is 0 Å². The molecule has 12 heteroatoms. The molecular formula is C71H70O12. The minimum Gasteiger partial charge on any atom is -0.497 e. The lowest BCUT2D eigenvalue weighted by molar-refractivity contribution is 0.100. The van der Waals surface area contributed by atoms with Crippen LogP contribution in [0.3, 0.4) is 0 Å². The van der Waals surface area contributed by atoms with Crippen molar-refractivity contribution < 1.29 is 57.2 Å². The van der Waals surface area contributed by atoms with Crippen molar-refractivity contribution >= 4 is 51.3 Å². The Kier molecular flexibility index (Phi) is 26.4. The van der Waals surface area contributed by atoms with Crippen LogP contribution in [0.2, 0.25) is 0 Å². The van der Waals surface area contributed by atoms with Crippen molar-refractivity contribution in [2.45, 2.75) is 48.5 Å². The molecule has 12 nitrogen and oxygen atoms in total. The Labute approximate surface area is 486 Å². The molecular weight excluding hydrogens is 1040 g/mol. The Hall–Kier alpha value is -10.1. The Bertz CT molecular complexity index is 3350. The first-order valence-electron chi connectivity index (χ1n) is 26.2. The molecule has 0 aliphatic carbocycles. The first-order valence-corrected chi connectivity index (χ1v) is 26.2. The molecule has 0 spiro atoms. The van der Waals surface area contributed by atoms with Crippen LogP contribution in [-0.2, 0) is 0 Å². The second-order valence-electron chi connectivity index (χ2n) is 18.5. The quantitative estimate of drug-likeness (QED) is 0.0947. The highest BCUT2D eigenvalue weighted by Gasteiger charge is 2.07. The maximum absolute atomic E-state index is 11.2.